The van der Waals surface area contributed by atoms with Crippen molar-refractivity contribution >= 4 is 0 Å². The first-order valence-electron chi connectivity index (χ1n) is 6.79. The molecule has 4 nitrogen and oxygen atoms in total. The molecule has 0 saturated carbocycles. The minimum atomic E-state index is 0.685. The maximum absolute atomic E-state index is 4.21. The van der Waals surface area contributed by atoms with Crippen LogP contribution in [0.5, 0.6) is 0 Å². The zero-order chi connectivity index (χ0) is 11.7. The first-order valence-corrected chi connectivity index (χ1v) is 6.79. The van der Waals surface area contributed by atoms with Crippen molar-refractivity contribution in [2.75, 3.05) is 13.1 Å². The minimum Gasteiger partial charge on any atom is -0.307 e. The topological polar surface area (TPSA) is 33.1 Å². The molecule has 1 N–H and O–H groups in total. The van der Waals surface area contributed by atoms with Gasteiger partial charge in [0.1, 0.15) is 0 Å². The van der Waals surface area contributed by atoms with Crippen LogP contribution in [0.2, 0.25) is 0 Å². The lowest BCUT2D eigenvalue weighted by Crippen LogP contribution is -2.44. The van der Waals surface area contributed by atoms with E-state index in [0.29, 0.717) is 6.04 Å². The minimum absolute atomic E-state index is 0.685. The van der Waals surface area contributed by atoms with Crippen LogP contribution in [0.25, 0.3) is 0 Å². The van der Waals surface area contributed by atoms with Crippen LogP contribution < -0.4 is 5.32 Å². The Balaban J connectivity index is 1.57. The van der Waals surface area contributed by atoms with Crippen LogP contribution in [0, 0.1) is 0 Å². The molecule has 2 fully saturated rings. The Bertz CT molecular complexity index is 373. The molecule has 0 aliphatic carbocycles. The van der Waals surface area contributed by atoms with Crippen molar-refractivity contribution in [1.29, 1.82) is 0 Å². The number of aromatic nitrogens is 2. The highest BCUT2D eigenvalue weighted by Crippen LogP contribution is 2.27. The van der Waals surface area contributed by atoms with E-state index in [0.717, 1.165) is 12.6 Å². The Morgan fingerprint density at radius 2 is 2.29 bits per heavy atom. The number of rotatable bonds is 3. The Morgan fingerprint density at radius 3 is 3.12 bits per heavy atom. The van der Waals surface area contributed by atoms with E-state index in [-0.39, 0.29) is 0 Å². The van der Waals surface area contributed by atoms with Crippen LogP contribution in [-0.4, -0.2) is 39.9 Å². The fourth-order valence-corrected chi connectivity index (χ4v) is 3.30. The van der Waals surface area contributed by atoms with Crippen LogP contribution in [0.4, 0.5) is 0 Å². The Hall–Kier alpha value is -0.870. The average molecular weight is 234 g/mol. The second kappa shape index (κ2) is 4.78. The molecule has 1 aromatic heterocycles. The van der Waals surface area contributed by atoms with E-state index in [2.05, 4.69) is 21.4 Å². The largest absolute Gasteiger partial charge is 0.307 e. The second-order valence-corrected chi connectivity index (χ2v) is 5.32. The van der Waals surface area contributed by atoms with Crippen molar-refractivity contribution in [1.82, 2.24) is 20.0 Å². The molecule has 1 aromatic rings. The van der Waals surface area contributed by atoms with Gasteiger partial charge in [-0.1, -0.05) is 6.42 Å². The van der Waals surface area contributed by atoms with Crippen molar-refractivity contribution in [2.45, 2.75) is 44.3 Å². The molecule has 0 aromatic carbocycles. The number of fused-ring (bicyclic) bond motifs is 1. The summed E-state index contributed by atoms with van der Waals surface area (Å²) in [5.41, 5.74) is 1.28. The molecule has 0 spiro atoms. The molecule has 0 bridgehead atoms. The van der Waals surface area contributed by atoms with E-state index in [1.54, 1.807) is 0 Å². The highest BCUT2D eigenvalue weighted by Gasteiger charge is 2.34. The lowest BCUT2D eigenvalue weighted by atomic mass is 9.99. The van der Waals surface area contributed by atoms with Crippen LogP contribution >= 0.6 is 0 Å². The molecule has 2 aliphatic heterocycles. The van der Waals surface area contributed by atoms with Gasteiger partial charge in [-0.25, -0.2) is 0 Å². The average Bonchev–Trinajstić information content (AvgIpc) is 2.93. The van der Waals surface area contributed by atoms with E-state index in [1.807, 2.05) is 17.9 Å². The molecular weight excluding hydrogens is 212 g/mol. The van der Waals surface area contributed by atoms with E-state index in [4.69, 9.17) is 0 Å². The zero-order valence-electron chi connectivity index (χ0n) is 10.6. The van der Waals surface area contributed by atoms with Gasteiger partial charge in [0, 0.05) is 38.4 Å². The van der Waals surface area contributed by atoms with Gasteiger partial charge in [0.25, 0.3) is 0 Å². The summed E-state index contributed by atoms with van der Waals surface area (Å²) in [4.78, 5) is 2.67. The van der Waals surface area contributed by atoms with Gasteiger partial charge in [-0.3, -0.25) is 9.58 Å². The molecule has 3 rings (SSSR count). The van der Waals surface area contributed by atoms with Gasteiger partial charge in [-0.2, -0.15) is 5.10 Å². The predicted octanol–water partition coefficient (Wildman–Crippen LogP) is 1.14. The third-order valence-corrected chi connectivity index (χ3v) is 4.32. The summed E-state index contributed by atoms with van der Waals surface area (Å²) in [6, 6.07) is 3.57. The number of hydrogen-bond donors (Lipinski definition) is 1. The van der Waals surface area contributed by atoms with Crippen LogP contribution in [-0.2, 0) is 13.6 Å². The summed E-state index contributed by atoms with van der Waals surface area (Å²) < 4.78 is 1.96. The highest BCUT2D eigenvalue weighted by molar-refractivity contribution is 5.01. The van der Waals surface area contributed by atoms with Crippen molar-refractivity contribution < 1.29 is 0 Å². The van der Waals surface area contributed by atoms with Gasteiger partial charge in [-0.15, -0.1) is 0 Å². The van der Waals surface area contributed by atoms with Crippen LogP contribution in [0.3, 0.4) is 0 Å². The molecule has 17 heavy (non-hydrogen) atoms. The summed E-state index contributed by atoms with van der Waals surface area (Å²) in [5, 5.41) is 7.93. The van der Waals surface area contributed by atoms with Crippen LogP contribution in [0.15, 0.2) is 12.3 Å². The molecule has 2 saturated heterocycles. The molecule has 0 radical (unpaired) electrons. The molecule has 4 heteroatoms. The predicted molar refractivity (Wildman–Crippen MR) is 67.7 cm³/mol. The maximum atomic E-state index is 4.21. The van der Waals surface area contributed by atoms with E-state index < -0.39 is 0 Å². The number of nitrogens with one attached hydrogen (secondary N) is 1. The van der Waals surface area contributed by atoms with Crippen molar-refractivity contribution in [2.24, 2.45) is 7.05 Å². The molecule has 2 unspecified atom stereocenters. The lowest BCUT2D eigenvalue weighted by molar-refractivity contribution is 0.180. The number of piperidine rings is 1. The number of aryl methyl sites for hydroxylation is 1. The van der Waals surface area contributed by atoms with Crippen molar-refractivity contribution in [3.8, 4) is 0 Å². The second-order valence-electron chi connectivity index (χ2n) is 5.32. The SMILES string of the molecule is Cn1nccc1CNC1CCN2CCCCC12. The monoisotopic (exact) mass is 234 g/mol. The van der Waals surface area contributed by atoms with E-state index >= 15 is 0 Å². The fourth-order valence-electron chi connectivity index (χ4n) is 3.30. The fraction of sp³-hybridized carbons (Fsp3) is 0.769. The van der Waals surface area contributed by atoms with Crippen molar-refractivity contribution in [3.05, 3.63) is 18.0 Å². The van der Waals surface area contributed by atoms with Gasteiger partial charge >= 0.3 is 0 Å². The third-order valence-electron chi connectivity index (χ3n) is 4.32. The van der Waals surface area contributed by atoms with Gasteiger partial charge in [0.2, 0.25) is 0 Å². The molecule has 0 amide bonds. The summed E-state index contributed by atoms with van der Waals surface area (Å²) in [6.45, 7) is 3.55. The number of hydrogen-bond acceptors (Lipinski definition) is 3. The molecule has 2 atom stereocenters. The Labute approximate surface area is 103 Å². The molecular formula is C13H22N4. The van der Waals surface area contributed by atoms with E-state index in [1.165, 1.54) is 44.5 Å². The van der Waals surface area contributed by atoms with E-state index in [9.17, 15) is 0 Å². The quantitative estimate of drug-likeness (QED) is 0.851. The number of nitrogens with zero attached hydrogens (tertiary/aromatic N) is 3. The smallest absolute Gasteiger partial charge is 0.0518 e. The van der Waals surface area contributed by atoms with Crippen molar-refractivity contribution in [3.63, 3.8) is 0 Å². The standard InChI is InChI=1S/C13H22N4/c1-16-11(5-7-15-16)10-14-12-6-9-17-8-3-2-4-13(12)17/h5,7,12-14H,2-4,6,8-10H2,1H3. The maximum Gasteiger partial charge on any atom is 0.0518 e. The summed E-state index contributed by atoms with van der Waals surface area (Å²) >= 11 is 0. The Morgan fingerprint density at radius 1 is 1.35 bits per heavy atom. The summed E-state index contributed by atoms with van der Waals surface area (Å²) in [5.74, 6) is 0. The third kappa shape index (κ3) is 2.24. The van der Waals surface area contributed by atoms with Gasteiger partial charge in [-0.05, 0) is 31.9 Å². The zero-order valence-corrected chi connectivity index (χ0v) is 10.6. The first kappa shape index (κ1) is 11.2. The van der Waals surface area contributed by atoms with Gasteiger partial charge in [0.15, 0.2) is 0 Å². The lowest BCUT2D eigenvalue weighted by Gasteiger charge is -2.32. The summed E-state index contributed by atoms with van der Waals surface area (Å²) in [6.07, 6.45) is 7.36. The normalized spacial score (nSPS) is 29.5. The highest BCUT2D eigenvalue weighted by atomic mass is 15.3. The summed E-state index contributed by atoms with van der Waals surface area (Å²) in [7, 11) is 2.01. The van der Waals surface area contributed by atoms with Gasteiger partial charge in [0.05, 0.1) is 5.69 Å². The first-order chi connectivity index (χ1) is 8.34. The molecule has 3 heterocycles. The molecule has 94 valence electrons. The van der Waals surface area contributed by atoms with Crippen LogP contribution in [0.1, 0.15) is 31.4 Å². The molecule has 2 aliphatic rings. The Kier molecular flexibility index (Phi) is 3.16. The van der Waals surface area contributed by atoms with Gasteiger partial charge < -0.3 is 5.32 Å².